The van der Waals surface area contributed by atoms with Crippen LogP contribution >= 0.6 is 15.9 Å². The lowest BCUT2D eigenvalue weighted by atomic mass is 9.48. The fraction of sp³-hybridized carbons (Fsp3) is 0.667. The monoisotopic (exact) mass is 334 g/mol. The summed E-state index contributed by atoms with van der Waals surface area (Å²) < 4.78 is 1.08. The summed E-state index contributed by atoms with van der Waals surface area (Å²) in [4.78, 5) is 0. The Balaban J connectivity index is 1.50. The van der Waals surface area contributed by atoms with Crippen molar-refractivity contribution in [2.24, 2.45) is 23.2 Å². The highest BCUT2D eigenvalue weighted by atomic mass is 79.9. The predicted molar refractivity (Wildman–Crippen MR) is 84.7 cm³/mol. The minimum Gasteiger partial charge on any atom is -0.508 e. The zero-order chi connectivity index (χ0) is 13.7. The third kappa shape index (κ3) is 2.30. The van der Waals surface area contributed by atoms with Gasteiger partial charge in [0.2, 0.25) is 0 Å². The molecule has 108 valence electrons. The van der Waals surface area contributed by atoms with Gasteiger partial charge >= 0.3 is 0 Å². The van der Waals surface area contributed by atoms with Crippen molar-refractivity contribution in [2.75, 3.05) is 0 Å². The number of aryl methyl sites for hydroxylation is 1. The van der Waals surface area contributed by atoms with Gasteiger partial charge in [-0.2, -0.15) is 0 Å². The molecule has 1 aromatic carbocycles. The first kappa shape index (κ1) is 13.2. The fourth-order valence-electron chi connectivity index (χ4n) is 5.75. The maximum Gasteiger partial charge on any atom is 0.118 e. The maximum atomic E-state index is 10.0. The zero-order valence-electron chi connectivity index (χ0n) is 11.9. The molecule has 4 aliphatic carbocycles. The van der Waals surface area contributed by atoms with Gasteiger partial charge in [0, 0.05) is 4.47 Å². The first-order valence-corrected chi connectivity index (χ1v) is 8.89. The van der Waals surface area contributed by atoms with Gasteiger partial charge in [0.25, 0.3) is 0 Å². The molecule has 0 spiro atoms. The Bertz CT molecular complexity index is 487. The third-order valence-electron chi connectivity index (χ3n) is 6.13. The number of aromatic hydroxyl groups is 1. The van der Waals surface area contributed by atoms with E-state index in [1.807, 2.05) is 12.1 Å². The summed E-state index contributed by atoms with van der Waals surface area (Å²) >= 11 is 3.52. The Morgan fingerprint density at radius 2 is 1.65 bits per heavy atom. The topological polar surface area (TPSA) is 20.2 Å². The van der Waals surface area contributed by atoms with Crippen LogP contribution in [0.3, 0.4) is 0 Å². The Hall–Kier alpha value is -0.500. The highest BCUT2D eigenvalue weighted by Crippen LogP contribution is 2.61. The van der Waals surface area contributed by atoms with Crippen LogP contribution in [0.15, 0.2) is 22.7 Å². The van der Waals surface area contributed by atoms with E-state index in [9.17, 15) is 5.11 Å². The molecule has 1 N–H and O–H groups in total. The smallest absolute Gasteiger partial charge is 0.118 e. The Morgan fingerprint density at radius 3 is 2.25 bits per heavy atom. The lowest BCUT2D eigenvalue weighted by Gasteiger charge is -2.57. The van der Waals surface area contributed by atoms with Crippen molar-refractivity contribution >= 4 is 15.9 Å². The molecule has 0 heterocycles. The van der Waals surface area contributed by atoms with Gasteiger partial charge in [-0.05, 0) is 98.3 Å². The summed E-state index contributed by atoms with van der Waals surface area (Å²) in [7, 11) is 0. The molecule has 0 aromatic heterocycles. The molecule has 4 aliphatic rings. The van der Waals surface area contributed by atoms with E-state index in [1.54, 1.807) is 0 Å². The molecule has 2 heteroatoms. The normalized spacial score (nSPS) is 38.4. The molecule has 0 aliphatic heterocycles. The molecule has 4 bridgehead atoms. The second-order valence-corrected chi connectivity index (χ2v) is 8.61. The van der Waals surface area contributed by atoms with Crippen molar-refractivity contribution in [1.82, 2.24) is 0 Å². The SMILES string of the molecule is Oc1ccc(Br)cc1CCC12CC3CC(CC(C3)C1)C2. The van der Waals surface area contributed by atoms with Crippen molar-refractivity contribution in [3.63, 3.8) is 0 Å². The summed E-state index contributed by atoms with van der Waals surface area (Å²) in [5, 5.41) is 10.0. The summed E-state index contributed by atoms with van der Waals surface area (Å²) in [5.74, 6) is 3.55. The number of hydrogen-bond donors (Lipinski definition) is 1. The van der Waals surface area contributed by atoms with Gasteiger partial charge < -0.3 is 5.11 Å². The van der Waals surface area contributed by atoms with Crippen molar-refractivity contribution < 1.29 is 5.11 Å². The van der Waals surface area contributed by atoms with Gasteiger partial charge in [-0.1, -0.05) is 15.9 Å². The van der Waals surface area contributed by atoms with Crippen LogP contribution in [-0.4, -0.2) is 5.11 Å². The van der Waals surface area contributed by atoms with Gasteiger partial charge in [0.05, 0.1) is 0 Å². The molecular formula is C18H23BrO. The van der Waals surface area contributed by atoms with E-state index >= 15 is 0 Å². The molecule has 1 aromatic rings. The lowest BCUT2D eigenvalue weighted by Crippen LogP contribution is -2.46. The van der Waals surface area contributed by atoms with E-state index in [2.05, 4.69) is 22.0 Å². The van der Waals surface area contributed by atoms with Crippen LogP contribution in [0.4, 0.5) is 0 Å². The Labute approximate surface area is 129 Å². The number of hydrogen-bond acceptors (Lipinski definition) is 1. The molecule has 0 unspecified atom stereocenters. The molecule has 5 rings (SSSR count). The molecule has 0 saturated heterocycles. The van der Waals surface area contributed by atoms with Crippen LogP contribution in [0.2, 0.25) is 0 Å². The molecule has 4 saturated carbocycles. The summed E-state index contributed by atoms with van der Waals surface area (Å²) in [6.07, 6.45) is 11.3. The summed E-state index contributed by atoms with van der Waals surface area (Å²) in [6.45, 7) is 0. The van der Waals surface area contributed by atoms with Crippen LogP contribution in [-0.2, 0) is 6.42 Å². The molecule has 20 heavy (non-hydrogen) atoms. The number of rotatable bonds is 3. The van der Waals surface area contributed by atoms with Gasteiger partial charge in [0.1, 0.15) is 5.75 Å². The second-order valence-electron chi connectivity index (χ2n) is 7.69. The second kappa shape index (κ2) is 4.76. The van der Waals surface area contributed by atoms with Gasteiger partial charge in [-0.15, -0.1) is 0 Å². The van der Waals surface area contributed by atoms with Gasteiger partial charge in [-0.3, -0.25) is 0 Å². The maximum absolute atomic E-state index is 10.0. The van der Waals surface area contributed by atoms with Crippen LogP contribution in [0, 0.1) is 23.2 Å². The van der Waals surface area contributed by atoms with Gasteiger partial charge in [-0.25, -0.2) is 0 Å². The van der Waals surface area contributed by atoms with E-state index in [1.165, 1.54) is 44.9 Å². The molecule has 0 atom stereocenters. The number of halogens is 1. The Kier molecular flexibility index (Phi) is 3.14. The molecular weight excluding hydrogens is 312 g/mol. The largest absolute Gasteiger partial charge is 0.508 e. The molecule has 0 radical (unpaired) electrons. The average Bonchev–Trinajstić information content (AvgIpc) is 2.38. The fourth-order valence-corrected chi connectivity index (χ4v) is 6.16. The van der Waals surface area contributed by atoms with Crippen LogP contribution in [0.1, 0.15) is 50.5 Å². The predicted octanol–water partition coefficient (Wildman–Crippen LogP) is 5.30. The molecule has 4 fully saturated rings. The zero-order valence-corrected chi connectivity index (χ0v) is 13.5. The van der Waals surface area contributed by atoms with E-state index in [4.69, 9.17) is 0 Å². The number of benzene rings is 1. The summed E-state index contributed by atoms with van der Waals surface area (Å²) in [6, 6.07) is 5.83. The van der Waals surface area contributed by atoms with Crippen LogP contribution < -0.4 is 0 Å². The Morgan fingerprint density at radius 1 is 1.05 bits per heavy atom. The number of phenols is 1. The van der Waals surface area contributed by atoms with Crippen molar-refractivity contribution in [3.05, 3.63) is 28.2 Å². The first-order chi connectivity index (χ1) is 9.62. The van der Waals surface area contributed by atoms with E-state index in [0.29, 0.717) is 11.2 Å². The third-order valence-corrected chi connectivity index (χ3v) is 6.62. The van der Waals surface area contributed by atoms with E-state index in [-0.39, 0.29) is 0 Å². The highest BCUT2D eigenvalue weighted by Gasteiger charge is 2.50. The van der Waals surface area contributed by atoms with E-state index < -0.39 is 0 Å². The summed E-state index contributed by atoms with van der Waals surface area (Å²) in [5.41, 5.74) is 1.74. The average molecular weight is 335 g/mol. The quantitative estimate of drug-likeness (QED) is 0.794. The lowest BCUT2D eigenvalue weighted by molar-refractivity contribution is -0.0570. The van der Waals surface area contributed by atoms with E-state index in [0.717, 1.165) is 34.2 Å². The van der Waals surface area contributed by atoms with Gasteiger partial charge in [0.15, 0.2) is 0 Å². The highest BCUT2D eigenvalue weighted by molar-refractivity contribution is 9.10. The van der Waals surface area contributed by atoms with Crippen molar-refractivity contribution in [1.29, 1.82) is 0 Å². The molecule has 1 nitrogen and oxygen atoms in total. The minimum absolute atomic E-state index is 0.470. The van der Waals surface area contributed by atoms with Crippen LogP contribution in [0.25, 0.3) is 0 Å². The minimum atomic E-state index is 0.470. The number of phenolic OH excluding ortho intramolecular Hbond substituents is 1. The van der Waals surface area contributed by atoms with Crippen LogP contribution in [0.5, 0.6) is 5.75 Å². The van der Waals surface area contributed by atoms with Crippen molar-refractivity contribution in [3.8, 4) is 5.75 Å². The standard InChI is InChI=1S/C18H23BrO/c19-16-1-2-17(20)15(8-16)3-4-18-9-12-5-13(10-18)7-14(6-12)11-18/h1-2,8,12-14,20H,3-7,9-11H2. The first-order valence-electron chi connectivity index (χ1n) is 8.09. The van der Waals surface area contributed by atoms with Crippen molar-refractivity contribution in [2.45, 2.75) is 51.4 Å². The molecule has 0 amide bonds.